The molecule has 10 amide bonds. The predicted molar refractivity (Wildman–Crippen MR) is 319 cm³/mol. The molecule has 2 fully saturated rings. The number of hydrogen-bond acceptors (Lipinski definition) is 15. The largest absolute Gasteiger partial charge is 0.445 e. The minimum Gasteiger partial charge on any atom is -0.445 e. The van der Waals surface area contributed by atoms with Gasteiger partial charge in [0.05, 0.1) is 47.9 Å². The molecule has 11 atom stereocenters. The molecule has 25 nitrogen and oxygen atoms in total. The Morgan fingerprint density at radius 3 is 1.94 bits per heavy atom. The van der Waals surface area contributed by atoms with E-state index in [-0.39, 0.29) is 50.2 Å². The van der Waals surface area contributed by atoms with Gasteiger partial charge in [-0.1, -0.05) is 97.4 Å². The topological polar surface area (TPSA) is 349 Å². The Labute approximate surface area is 500 Å². The van der Waals surface area contributed by atoms with Crippen molar-refractivity contribution in [3.8, 4) is 0 Å². The smallest absolute Gasteiger partial charge is 0.410 e. The molecule has 1 aliphatic carbocycles. The number of urea groups is 1. The fraction of sp³-hybridized carbons (Fsp3) is 0.644. The van der Waals surface area contributed by atoms with Crippen LogP contribution in [0.25, 0.3) is 0 Å². The molecule has 0 radical (unpaired) electrons. The Bertz CT molecular complexity index is 2700. The molecule has 2 aromatic rings. The molecule has 1 heterocycles. The van der Waals surface area contributed by atoms with Crippen molar-refractivity contribution < 1.29 is 65.8 Å². The third-order valence-corrected chi connectivity index (χ3v) is 17.8. The minimum atomic E-state index is -3.91. The van der Waals surface area contributed by atoms with Gasteiger partial charge in [-0.2, -0.15) is 0 Å². The zero-order chi connectivity index (χ0) is 63.5. The first kappa shape index (κ1) is 70.6. The molecule has 10 N–H and O–H groups in total. The first-order valence-electron chi connectivity index (χ1n) is 29.3. The van der Waals surface area contributed by atoms with E-state index in [9.17, 15) is 51.6 Å². The van der Waals surface area contributed by atoms with Crippen LogP contribution in [0.1, 0.15) is 118 Å². The first-order chi connectivity index (χ1) is 40.1. The van der Waals surface area contributed by atoms with Crippen LogP contribution in [0.3, 0.4) is 0 Å². The molecule has 0 spiro atoms. The van der Waals surface area contributed by atoms with Crippen LogP contribution in [0.4, 0.5) is 15.3 Å². The van der Waals surface area contributed by atoms with E-state index in [0.717, 1.165) is 4.90 Å². The van der Waals surface area contributed by atoms with Crippen molar-refractivity contribution in [3.05, 3.63) is 65.7 Å². The van der Waals surface area contributed by atoms with Gasteiger partial charge < -0.3 is 62.1 Å². The van der Waals surface area contributed by atoms with Gasteiger partial charge in [0.1, 0.15) is 30.8 Å². The minimum absolute atomic E-state index is 0.0277. The molecule has 1 saturated carbocycles. The summed E-state index contributed by atoms with van der Waals surface area (Å²) < 4.78 is 45.3. The number of methoxy groups -OCH3 is 2. The number of anilines is 1. The van der Waals surface area contributed by atoms with Crippen LogP contribution in [0, 0.1) is 23.7 Å². The van der Waals surface area contributed by atoms with Gasteiger partial charge in [-0.05, 0) is 86.5 Å². The maximum atomic E-state index is 14.5. The number of nitrogens with one attached hydrogen (secondary N) is 6. The summed E-state index contributed by atoms with van der Waals surface area (Å²) in [5.74, 6) is -5.54. The van der Waals surface area contributed by atoms with Crippen molar-refractivity contribution in [2.75, 3.05) is 46.7 Å². The average Bonchev–Trinajstić information content (AvgIpc) is 3.56. The van der Waals surface area contributed by atoms with E-state index >= 15 is 0 Å². The van der Waals surface area contributed by atoms with E-state index in [1.54, 1.807) is 101 Å². The molecule has 0 bridgehead atoms. The monoisotopic (exact) mass is 1210 g/mol. The number of likely N-dealkylation sites (tertiary alicyclic amines) is 1. The van der Waals surface area contributed by atoms with Crippen molar-refractivity contribution in [2.24, 2.45) is 35.1 Å². The van der Waals surface area contributed by atoms with Crippen LogP contribution in [-0.2, 0) is 70.8 Å². The molecule has 4 rings (SSSR count). The summed E-state index contributed by atoms with van der Waals surface area (Å²) in [6.07, 6.45) is 0.528. The molecule has 474 valence electrons. The van der Waals surface area contributed by atoms with Crippen LogP contribution in [0.5, 0.6) is 0 Å². The van der Waals surface area contributed by atoms with E-state index in [1.165, 1.54) is 33.1 Å². The highest BCUT2D eigenvalue weighted by molar-refractivity contribution is 7.90. The molecule has 2 aromatic carbocycles. The third kappa shape index (κ3) is 20.7. The number of nitrogens with zero attached hydrogens (tertiary/aromatic N) is 3. The Hall–Kier alpha value is -6.90. The number of primary amides is 1. The molecule has 26 heteroatoms. The highest BCUT2D eigenvalue weighted by atomic mass is 32.2. The van der Waals surface area contributed by atoms with Crippen molar-refractivity contribution >= 4 is 69.2 Å². The number of rotatable bonds is 33. The molecule has 2 aliphatic rings. The number of carbonyl (C=O) groups excluding carboxylic acids is 9. The summed E-state index contributed by atoms with van der Waals surface area (Å²) in [5, 5.41) is 12.8. The third-order valence-electron chi connectivity index (χ3n) is 15.9. The maximum absolute atomic E-state index is 14.5. The molecule has 11 unspecified atom stereocenters. The number of ether oxygens (including phenoxy) is 3. The van der Waals surface area contributed by atoms with Crippen molar-refractivity contribution in [2.45, 2.75) is 180 Å². The lowest BCUT2D eigenvalue weighted by molar-refractivity contribution is -0.147. The van der Waals surface area contributed by atoms with Crippen molar-refractivity contribution in [1.82, 2.24) is 40.7 Å². The normalized spacial score (nSPS) is 17.8. The van der Waals surface area contributed by atoms with Crippen LogP contribution in [0.15, 0.2) is 54.6 Å². The summed E-state index contributed by atoms with van der Waals surface area (Å²) >= 11 is 0. The van der Waals surface area contributed by atoms with Gasteiger partial charge in [-0.3, -0.25) is 43.2 Å². The highest BCUT2D eigenvalue weighted by Gasteiger charge is 2.44. The van der Waals surface area contributed by atoms with Gasteiger partial charge in [0, 0.05) is 53.5 Å². The summed E-state index contributed by atoms with van der Waals surface area (Å²) in [7, 11) is 2.00. The molecular formula is C59H93N11O14S. The lowest BCUT2D eigenvalue weighted by atomic mass is 9.90. The van der Waals surface area contributed by atoms with E-state index in [0.29, 0.717) is 61.9 Å². The van der Waals surface area contributed by atoms with Gasteiger partial charge in [0.25, 0.3) is 5.91 Å². The highest BCUT2D eigenvalue weighted by Crippen LogP contribution is 2.31. The Morgan fingerprint density at radius 2 is 1.38 bits per heavy atom. The number of nitrogens with two attached hydrogens (primary N) is 2. The Morgan fingerprint density at radius 1 is 0.741 bits per heavy atom. The second-order valence-corrected chi connectivity index (χ2v) is 25.0. The predicted octanol–water partition coefficient (Wildman–Crippen LogP) is 2.90. The standard InChI is InChI=1S/C59H93N11O14S/c1-13-36(6)50(46(82-11)32-47(71)70-30-18-22-45(70)51(83-12)37(7)52(72)66-44(31-39-19-15-14-16-20-39)54(74)67-85(80,81)42-27-28-42)68(9)57(77)38(8)63-56(76)49(35(4)5)69(10)59(79)84-33-40-23-25-41(26-24-40)64-53(73)43(21-17-29-62-58(61)78)65-55(75)48(60)34(2)3/h14-16,19-20,23-26,34-38,42-46,48-51H,13,17-18,21-22,27-33,60H2,1-12H3,(H,63,76)(H,64,73)(H,65,75)(H,66,72)(H,67,74)(H3,61,62,78). The van der Waals surface area contributed by atoms with E-state index in [1.807, 2.05) is 13.8 Å². The lowest BCUT2D eigenvalue weighted by Gasteiger charge is -2.40. The van der Waals surface area contributed by atoms with Crippen LogP contribution in [0.2, 0.25) is 0 Å². The van der Waals surface area contributed by atoms with E-state index in [4.69, 9.17) is 25.7 Å². The number of likely N-dealkylation sites (N-methyl/N-ethyl adjacent to an activating group) is 2. The van der Waals surface area contributed by atoms with E-state index in [2.05, 4.69) is 31.3 Å². The maximum Gasteiger partial charge on any atom is 0.410 e. The van der Waals surface area contributed by atoms with Gasteiger partial charge >= 0.3 is 12.1 Å². The zero-order valence-electron chi connectivity index (χ0n) is 51.4. The Balaban J connectivity index is 1.38. The second-order valence-electron chi connectivity index (χ2n) is 23.1. The van der Waals surface area contributed by atoms with E-state index < -0.39 is 129 Å². The average molecular weight is 1210 g/mol. The van der Waals surface area contributed by atoms with Crippen molar-refractivity contribution in [1.29, 1.82) is 0 Å². The Kier molecular flexibility index (Phi) is 27.5. The number of benzene rings is 2. The summed E-state index contributed by atoms with van der Waals surface area (Å²) in [6.45, 7) is 14.5. The second kappa shape index (κ2) is 33.1. The molecular weight excluding hydrogens is 1120 g/mol. The van der Waals surface area contributed by atoms with Crippen LogP contribution >= 0.6 is 0 Å². The lowest BCUT2D eigenvalue weighted by Crippen LogP contribution is -2.58. The fourth-order valence-corrected chi connectivity index (χ4v) is 11.9. The SMILES string of the molecule is CCC(C)C(C(CC(=O)N1CCCC1C(OC)C(C)C(=O)NC(Cc1ccccc1)C(=O)NS(=O)(=O)C1CC1)OC)N(C)C(=O)C(C)NC(=O)C(C(C)C)N(C)C(=O)OCc1ccc(NC(=O)C(CCCNC(N)=O)NC(=O)C(N)C(C)C)cc1. The summed E-state index contributed by atoms with van der Waals surface area (Å²) in [6, 6.07) is 8.19. The summed E-state index contributed by atoms with van der Waals surface area (Å²) in [4.78, 5) is 126. The zero-order valence-corrected chi connectivity index (χ0v) is 52.2. The molecule has 1 saturated heterocycles. The molecule has 1 aliphatic heterocycles. The van der Waals surface area contributed by atoms with Crippen LogP contribution < -0.4 is 42.8 Å². The first-order valence-corrected chi connectivity index (χ1v) is 30.8. The van der Waals surface area contributed by atoms with Gasteiger partial charge in [0.2, 0.25) is 45.5 Å². The quantitative estimate of drug-likeness (QED) is 0.0477. The van der Waals surface area contributed by atoms with Crippen LogP contribution in [-0.4, -0.2) is 178 Å². The van der Waals surface area contributed by atoms with Crippen molar-refractivity contribution in [3.63, 3.8) is 0 Å². The molecule has 85 heavy (non-hydrogen) atoms. The van der Waals surface area contributed by atoms with Gasteiger partial charge in [0.15, 0.2) is 0 Å². The fourth-order valence-electron chi connectivity index (χ4n) is 10.6. The van der Waals surface area contributed by atoms with Gasteiger partial charge in [-0.25, -0.2) is 18.0 Å². The number of carbonyl (C=O) groups is 9. The summed E-state index contributed by atoms with van der Waals surface area (Å²) in [5.41, 5.74) is 12.8. The van der Waals surface area contributed by atoms with Gasteiger partial charge in [-0.15, -0.1) is 0 Å². The number of hydrogen-bond donors (Lipinski definition) is 8. The number of sulfonamides is 1. The molecule has 0 aromatic heterocycles. The number of amides is 10.